The van der Waals surface area contributed by atoms with Gasteiger partial charge in [-0.3, -0.25) is 4.90 Å². The molecule has 3 N–H and O–H groups in total. The van der Waals surface area contributed by atoms with Crippen molar-refractivity contribution in [2.75, 3.05) is 13.1 Å². The van der Waals surface area contributed by atoms with Gasteiger partial charge in [-0.05, 0) is 48.7 Å². The van der Waals surface area contributed by atoms with Crippen LogP contribution in [0.25, 0.3) is 0 Å². The summed E-state index contributed by atoms with van der Waals surface area (Å²) in [5.41, 5.74) is 6.04. The second kappa shape index (κ2) is 9.71. The standard InChI is InChI=1S/C21H23BrClN3O3/c22-17-3-6-19(29-13-15-1-4-18(23)5-2-15)16(11-17)12-26-9-7-21(28,8-10-26)14-25-20(24)27/h1-6,11,14,28H,7-10,12-13H2,(H2,24,27). The third-order valence-electron chi connectivity index (χ3n) is 4.88. The first-order valence-electron chi connectivity index (χ1n) is 9.28. The number of amides is 2. The van der Waals surface area contributed by atoms with Crippen molar-refractivity contribution in [1.82, 2.24) is 4.90 Å². The fourth-order valence-electron chi connectivity index (χ4n) is 3.21. The maximum Gasteiger partial charge on any atom is 0.338 e. The normalized spacial score (nSPS) is 16.8. The number of ether oxygens (including phenoxy) is 1. The largest absolute Gasteiger partial charge is 0.489 e. The summed E-state index contributed by atoms with van der Waals surface area (Å²) >= 11 is 9.46. The van der Waals surface area contributed by atoms with E-state index in [1.165, 1.54) is 6.21 Å². The molecule has 1 fully saturated rings. The lowest BCUT2D eigenvalue weighted by atomic mass is 9.92. The maximum atomic E-state index is 10.8. The Morgan fingerprint density at radius 1 is 1.28 bits per heavy atom. The zero-order valence-corrected chi connectivity index (χ0v) is 18.2. The molecule has 0 saturated carbocycles. The average molecular weight is 481 g/mol. The van der Waals surface area contributed by atoms with E-state index in [4.69, 9.17) is 22.1 Å². The van der Waals surface area contributed by atoms with Crippen LogP contribution in [0.3, 0.4) is 0 Å². The van der Waals surface area contributed by atoms with Crippen molar-refractivity contribution in [1.29, 1.82) is 0 Å². The Morgan fingerprint density at radius 2 is 1.97 bits per heavy atom. The predicted octanol–water partition coefficient (Wildman–Crippen LogP) is 4.16. The molecule has 1 aliphatic rings. The van der Waals surface area contributed by atoms with Gasteiger partial charge < -0.3 is 15.6 Å². The van der Waals surface area contributed by atoms with Gasteiger partial charge in [0.1, 0.15) is 18.0 Å². The monoisotopic (exact) mass is 479 g/mol. The maximum absolute atomic E-state index is 10.8. The molecule has 1 heterocycles. The quantitative estimate of drug-likeness (QED) is 0.608. The molecule has 0 atom stereocenters. The molecule has 154 valence electrons. The molecule has 0 radical (unpaired) electrons. The number of benzene rings is 2. The molecule has 0 aliphatic carbocycles. The van der Waals surface area contributed by atoms with Crippen molar-refractivity contribution in [2.45, 2.75) is 31.6 Å². The number of carbonyl (C=O) groups is 1. The van der Waals surface area contributed by atoms with E-state index in [0.717, 1.165) is 21.3 Å². The number of nitrogens with two attached hydrogens (primary N) is 1. The molecular weight excluding hydrogens is 458 g/mol. The van der Waals surface area contributed by atoms with E-state index in [1.807, 2.05) is 42.5 Å². The van der Waals surface area contributed by atoms with Crippen LogP contribution in [0.15, 0.2) is 51.9 Å². The highest BCUT2D eigenvalue weighted by molar-refractivity contribution is 9.10. The van der Waals surface area contributed by atoms with E-state index in [9.17, 15) is 9.90 Å². The van der Waals surface area contributed by atoms with Crippen LogP contribution in [0, 0.1) is 0 Å². The molecule has 2 aromatic carbocycles. The average Bonchev–Trinajstić information content (AvgIpc) is 2.69. The highest BCUT2D eigenvalue weighted by atomic mass is 79.9. The molecule has 29 heavy (non-hydrogen) atoms. The Morgan fingerprint density at radius 3 is 2.62 bits per heavy atom. The molecule has 3 rings (SSSR count). The van der Waals surface area contributed by atoms with Gasteiger partial charge in [-0.2, -0.15) is 0 Å². The van der Waals surface area contributed by atoms with E-state index < -0.39 is 11.6 Å². The second-order valence-electron chi connectivity index (χ2n) is 7.14. The smallest absolute Gasteiger partial charge is 0.338 e. The Labute approximate surface area is 183 Å². The number of aliphatic imine (C=N–C) groups is 1. The van der Waals surface area contributed by atoms with Crippen molar-refractivity contribution < 1.29 is 14.6 Å². The van der Waals surface area contributed by atoms with Crippen LogP contribution in [-0.4, -0.2) is 40.9 Å². The Bertz CT molecular complexity index is 881. The molecule has 2 aromatic rings. The summed E-state index contributed by atoms with van der Waals surface area (Å²) in [5, 5.41) is 11.2. The van der Waals surface area contributed by atoms with Gasteiger partial charge >= 0.3 is 6.03 Å². The van der Waals surface area contributed by atoms with Crippen LogP contribution < -0.4 is 10.5 Å². The van der Waals surface area contributed by atoms with Crippen molar-refractivity contribution >= 4 is 39.8 Å². The second-order valence-corrected chi connectivity index (χ2v) is 8.50. The molecular formula is C21H23BrClN3O3. The fraction of sp³-hybridized carbons (Fsp3) is 0.333. The Kier molecular flexibility index (Phi) is 7.29. The van der Waals surface area contributed by atoms with Crippen molar-refractivity contribution in [2.24, 2.45) is 10.7 Å². The first-order valence-corrected chi connectivity index (χ1v) is 10.5. The Balaban J connectivity index is 1.63. The van der Waals surface area contributed by atoms with E-state index >= 15 is 0 Å². The van der Waals surface area contributed by atoms with Crippen LogP contribution in [0.5, 0.6) is 5.75 Å². The number of piperidine rings is 1. The number of carbonyl (C=O) groups excluding carboxylic acids is 1. The lowest BCUT2D eigenvalue weighted by Gasteiger charge is -2.36. The van der Waals surface area contributed by atoms with Gasteiger partial charge in [0.05, 0.1) is 0 Å². The minimum atomic E-state index is -1.09. The third-order valence-corrected chi connectivity index (χ3v) is 5.62. The molecule has 2 amide bonds. The van der Waals surface area contributed by atoms with Gasteiger partial charge in [0.2, 0.25) is 0 Å². The summed E-state index contributed by atoms with van der Waals surface area (Å²) in [4.78, 5) is 16.6. The van der Waals surface area contributed by atoms with E-state index in [0.29, 0.717) is 44.1 Å². The number of primary amides is 1. The van der Waals surface area contributed by atoms with Gasteiger partial charge in [0.15, 0.2) is 0 Å². The summed E-state index contributed by atoms with van der Waals surface area (Å²) in [6.45, 7) is 2.49. The summed E-state index contributed by atoms with van der Waals surface area (Å²) < 4.78 is 7.03. The summed E-state index contributed by atoms with van der Waals surface area (Å²) in [7, 11) is 0. The minimum Gasteiger partial charge on any atom is -0.489 e. The number of aliphatic hydroxyl groups is 1. The number of urea groups is 1. The third kappa shape index (κ3) is 6.54. The summed E-state index contributed by atoms with van der Waals surface area (Å²) in [6, 6.07) is 12.7. The molecule has 0 aromatic heterocycles. The van der Waals surface area contributed by atoms with Crippen LogP contribution in [0.1, 0.15) is 24.0 Å². The fourth-order valence-corrected chi connectivity index (χ4v) is 3.74. The first kappa shape index (κ1) is 21.8. The van der Waals surface area contributed by atoms with Crippen molar-refractivity contribution in [3.8, 4) is 5.75 Å². The first-order chi connectivity index (χ1) is 13.8. The minimum absolute atomic E-state index is 0.454. The van der Waals surface area contributed by atoms with Crippen LogP contribution in [-0.2, 0) is 13.2 Å². The zero-order valence-electron chi connectivity index (χ0n) is 15.9. The number of rotatable bonds is 6. The van der Waals surface area contributed by atoms with E-state index in [2.05, 4.69) is 25.8 Å². The van der Waals surface area contributed by atoms with Crippen LogP contribution in [0.2, 0.25) is 5.02 Å². The number of hydrogen-bond acceptors (Lipinski definition) is 4. The SMILES string of the molecule is NC(=O)N=CC1(O)CCN(Cc2cc(Br)ccc2OCc2ccc(Cl)cc2)CC1. The molecule has 6 nitrogen and oxygen atoms in total. The number of halogens is 2. The van der Waals surface area contributed by atoms with Gasteiger partial charge in [-0.15, -0.1) is 0 Å². The number of nitrogens with zero attached hydrogens (tertiary/aromatic N) is 2. The Hall–Kier alpha value is -1.93. The summed E-state index contributed by atoms with van der Waals surface area (Å²) in [6.07, 6.45) is 2.24. The van der Waals surface area contributed by atoms with E-state index in [-0.39, 0.29) is 0 Å². The highest BCUT2D eigenvalue weighted by Crippen LogP contribution is 2.28. The van der Waals surface area contributed by atoms with Gasteiger partial charge in [0.25, 0.3) is 0 Å². The molecule has 0 bridgehead atoms. The lowest BCUT2D eigenvalue weighted by molar-refractivity contribution is 0.0364. The van der Waals surface area contributed by atoms with Crippen LogP contribution >= 0.6 is 27.5 Å². The molecule has 0 unspecified atom stereocenters. The molecule has 0 spiro atoms. The van der Waals surface area contributed by atoms with Gasteiger partial charge in [0, 0.05) is 40.9 Å². The number of hydrogen-bond donors (Lipinski definition) is 2. The highest BCUT2D eigenvalue weighted by Gasteiger charge is 2.31. The predicted molar refractivity (Wildman–Crippen MR) is 117 cm³/mol. The molecule has 1 saturated heterocycles. The topological polar surface area (TPSA) is 88.2 Å². The molecule has 8 heteroatoms. The summed E-state index contributed by atoms with van der Waals surface area (Å²) in [5.74, 6) is 0.819. The van der Waals surface area contributed by atoms with Gasteiger partial charge in [-0.25, -0.2) is 9.79 Å². The van der Waals surface area contributed by atoms with Gasteiger partial charge in [-0.1, -0.05) is 39.7 Å². The number of likely N-dealkylation sites (tertiary alicyclic amines) is 1. The van der Waals surface area contributed by atoms with Crippen molar-refractivity contribution in [3.63, 3.8) is 0 Å². The van der Waals surface area contributed by atoms with Crippen molar-refractivity contribution in [3.05, 3.63) is 63.1 Å². The van der Waals surface area contributed by atoms with Crippen LogP contribution in [0.4, 0.5) is 4.79 Å². The van der Waals surface area contributed by atoms with E-state index in [1.54, 1.807) is 0 Å². The molecule has 1 aliphatic heterocycles. The lowest BCUT2D eigenvalue weighted by Crippen LogP contribution is -2.45. The zero-order chi connectivity index (χ0) is 20.9.